The van der Waals surface area contributed by atoms with Crippen LogP contribution >= 0.6 is 11.3 Å². The second-order valence-corrected chi connectivity index (χ2v) is 7.92. The second kappa shape index (κ2) is 7.62. The number of sulfonamides is 1. The molecule has 0 bridgehead atoms. The van der Waals surface area contributed by atoms with Crippen LogP contribution in [-0.2, 0) is 16.6 Å². The van der Waals surface area contributed by atoms with Crippen molar-refractivity contribution in [1.29, 1.82) is 0 Å². The van der Waals surface area contributed by atoms with Gasteiger partial charge < -0.3 is 5.32 Å². The van der Waals surface area contributed by atoms with Gasteiger partial charge in [0.2, 0.25) is 0 Å². The second-order valence-electron chi connectivity index (χ2n) is 4.58. The molecule has 0 spiro atoms. The molecule has 23 heavy (non-hydrogen) atoms. The van der Waals surface area contributed by atoms with Crippen molar-refractivity contribution in [2.45, 2.75) is 24.6 Å². The molecule has 2 aromatic rings. The highest BCUT2D eigenvalue weighted by atomic mass is 32.2. The number of aromatic nitrogens is 2. The lowest BCUT2D eigenvalue weighted by molar-refractivity contribution is 0.0946. The van der Waals surface area contributed by atoms with Crippen LogP contribution in [0.15, 0.2) is 34.9 Å². The molecule has 0 saturated carbocycles. The molecule has 0 atom stereocenters. The van der Waals surface area contributed by atoms with Crippen molar-refractivity contribution >= 4 is 27.3 Å². The van der Waals surface area contributed by atoms with Crippen molar-refractivity contribution in [2.75, 3.05) is 13.1 Å². The van der Waals surface area contributed by atoms with Crippen LogP contribution in [0.3, 0.4) is 0 Å². The minimum Gasteiger partial charge on any atom is -0.346 e. The number of rotatable bonds is 7. The smallest absolute Gasteiger partial charge is 0.271 e. The third-order valence-electron chi connectivity index (χ3n) is 3.16. The number of carbonyl (C=O) groups is 1. The summed E-state index contributed by atoms with van der Waals surface area (Å²) < 4.78 is 26.5. The predicted octanol–water partition coefficient (Wildman–Crippen LogP) is 1.50. The summed E-state index contributed by atoms with van der Waals surface area (Å²) in [5, 5.41) is 2.70. The van der Waals surface area contributed by atoms with Crippen LogP contribution in [-0.4, -0.2) is 41.7 Å². The van der Waals surface area contributed by atoms with Gasteiger partial charge in [-0.2, -0.15) is 4.31 Å². The molecule has 0 aliphatic rings. The van der Waals surface area contributed by atoms with E-state index < -0.39 is 10.0 Å². The van der Waals surface area contributed by atoms with Crippen LogP contribution in [0, 0.1) is 0 Å². The molecule has 1 N–H and O–H groups in total. The summed E-state index contributed by atoms with van der Waals surface area (Å²) in [5.74, 6) is -0.348. The minimum absolute atomic E-state index is 0.222. The van der Waals surface area contributed by atoms with Crippen LogP contribution in [0.4, 0.5) is 0 Å². The highest BCUT2D eigenvalue weighted by Crippen LogP contribution is 2.24. The molecule has 7 nitrogen and oxygen atoms in total. The Bertz CT molecular complexity index is 755. The van der Waals surface area contributed by atoms with Gasteiger partial charge in [-0.15, -0.1) is 11.3 Å². The summed E-state index contributed by atoms with van der Waals surface area (Å²) >= 11 is 1.16. The Hall–Kier alpha value is -1.84. The number of hydrogen-bond acceptors (Lipinski definition) is 6. The van der Waals surface area contributed by atoms with Gasteiger partial charge in [-0.05, 0) is 12.1 Å². The zero-order valence-corrected chi connectivity index (χ0v) is 14.5. The van der Waals surface area contributed by atoms with Crippen molar-refractivity contribution in [2.24, 2.45) is 0 Å². The van der Waals surface area contributed by atoms with Gasteiger partial charge in [-0.3, -0.25) is 9.78 Å². The summed E-state index contributed by atoms with van der Waals surface area (Å²) in [6, 6.07) is 3.28. The summed E-state index contributed by atoms with van der Waals surface area (Å²) in [6.45, 7) is 4.70. The van der Waals surface area contributed by atoms with Gasteiger partial charge in [0, 0.05) is 30.4 Å². The Balaban J connectivity index is 2.04. The first-order valence-electron chi connectivity index (χ1n) is 7.12. The molecule has 0 fully saturated rings. The Morgan fingerprint density at radius 2 is 2.00 bits per heavy atom. The molecule has 2 heterocycles. The van der Waals surface area contributed by atoms with Crippen molar-refractivity contribution in [3.05, 3.63) is 41.3 Å². The zero-order valence-electron chi connectivity index (χ0n) is 12.9. The van der Waals surface area contributed by atoms with Crippen molar-refractivity contribution in [3.8, 4) is 0 Å². The number of amides is 1. The highest BCUT2D eigenvalue weighted by molar-refractivity contribution is 7.91. The van der Waals surface area contributed by atoms with E-state index in [-0.39, 0.29) is 22.4 Å². The zero-order chi connectivity index (χ0) is 16.9. The number of thiophene rings is 1. The summed E-state index contributed by atoms with van der Waals surface area (Å²) in [4.78, 5) is 20.4. The molecular weight excluding hydrogens is 336 g/mol. The van der Waals surface area contributed by atoms with Gasteiger partial charge in [-0.1, -0.05) is 13.8 Å². The van der Waals surface area contributed by atoms with Gasteiger partial charge in [0.05, 0.1) is 12.7 Å². The fourth-order valence-corrected chi connectivity index (χ4v) is 4.86. The maximum absolute atomic E-state index is 12.4. The largest absolute Gasteiger partial charge is 0.346 e. The molecule has 0 aromatic carbocycles. The molecule has 124 valence electrons. The molecule has 2 aromatic heterocycles. The van der Waals surface area contributed by atoms with Crippen LogP contribution < -0.4 is 5.32 Å². The van der Waals surface area contributed by atoms with Gasteiger partial charge >= 0.3 is 0 Å². The lowest BCUT2D eigenvalue weighted by Gasteiger charge is -2.16. The van der Waals surface area contributed by atoms with Crippen LogP contribution in [0.1, 0.15) is 29.2 Å². The normalized spacial score (nSPS) is 11.6. The SMILES string of the molecule is CCN(CC)S(=O)(=O)c1ccc(CNC(=O)c2cnccn2)s1. The summed E-state index contributed by atoms with van der Waals surface area (Å²) in [5.41, 5.74) is 0.222. The minimum atomic E-state index is -3.45. The van der Waals surface area contributed by atoms with Gasteiger partial charge in [0.15, 0.2) is 0 Å². The fourth-order valence-electron chi connectivity index (χ4n) is 1.96. The molecule has 2 rings (SSSR count). The number of carbonyl (C=O) groups excluding carboxylic acids is 1. The first-order chi connectivity index (χ1) is 11.0. The van der Waals surface area contributed by atoms with E-state index in [0.29, 0.717) is 13.1 Å². The molecule has 0 radical (unpaired) electrons. The Labute approximate surface area is 139 Å². The molecule has 9 heteroatoms. The number of nitrogens with zero attached hydrogens (tertiary/aromatic N) is 3. The standard InChI is InChI=1S/C14H18N4O3S2/c1-3-18(4-2)23(20,21)13-6-5-11(22-13)9-17-14(19)12-10-15-7-8-16-12/h5-8,10H,3-4,9H2,1-2H3,(H,17,19). The van der Waals surface area contributed by atoms with Crippen LogP contribution in [0.2, 0.25) is 0 Å². The lowest BCUT2D eigenvalue weighted by Crippen LogP contribution is -2.30. The van der Waals surface area contributed by atoms with Gasteiger partial charge in [0.25, 0.3) is 15.9 Å². The third kappa shape index (κ3) is 4.12. The van der Waals surface area contributed by atoms with Crippen molar-refractivity contribution < 1.29 is 13.2 Å². The van der Waals surface area contributed by atoms with E-state index in [1.54, 1.807) is 26.0 Å². The van der Waals surface area contributed by atoms with E-state index in [0.717, 1.165) is 16.2 Å². The van der Waals surface area contributed by atoms with Gasteiger partial charge in [0.1, 0.15) is 9.90 Å². The average molecular weight is 354 g/mol. The molecular formula is C14H18N4O3S2. The lowest BCUT2D eigenvalue weighted by atomic mass is 10.4. The quantitative estimate of drug-likeness (QED) is 0.813. The molecule has 1 amide bonds. The van der Waals surface area contributed by atoms with Crippen molar-refractivity contribution in [1.82, 2.24) is 19.6 Å². The van der Waals surface area contributed by atoms with E-state index in [1.807, 2.05) is 0 Å². The summed E-state index contributed by atoms with van der Waals surface area (Å²) in [7, 11) is -3.45. The average Bonchev–Trinajstić information content (AvgIpc) is 3.04. The fraction of sp³-hybridized carbons (Fsp3) is 0.357. The van der Waals surface area contributed by atoms with Crippen LogP contribution in [0.25, 0.3) is 0 Å². The molecule has 0 saturated heterocycles. The molecule has 0 aliphatic heterocycles. The Kier molecular flexibility index (Phi) is 5.80. The van der Waals surface area contributed by atoms with Crippen molar-refractivity contribution in [3.63, 3.8) is 0 Å². The third-order valence-corrected chi connectivity index (χ3v) is 6.76. The van der Waals surface area contributed by atoms with E-state index in [2.05, 4.69) is 15.3 Å². The maximum Gasteiger partial charge on any atom is 0.271 e. The first kappa shape index (κ1) is 17.5. The van der Waals surface area contributed by atoms with E-state index in [9.17, 15) is 13.2 Å². The van der Waals surface area contributed by atoms with Gasteiger partial charge in [-0.25, -0.2) is 13.4 Å². The molecule has 0 unspecified atom stereocenters. The summed E-state index contributed by atoms with van der Waals surface area (Å²) in [6.07, 6.45) is 4.30. The topological polar surface area (TPSA) is 92.3 Å². The number of nitrogens with one attached hydrogen (secondary N) is 1. The highest BCUT2D eigenvalue weighted by Gasteiger charge is 2.23. The maximum atomic E-state index is 12.4. The van der Waals surface area contributed by atoms with E-state index in [1.165, 1.54) is 22.9 Å². The Morgan fingerprint density at radius 3 is 2.61 bits per heavy atom. The van der Waals surface area contributed by atoms with E-state index >= 15 is 0 Å². The monoisotopic (exact) mass is 354 g/mol. The number of hydrogen-bond donors (Lipinski definition) is 1. The predicted molar refractivity (Wildman–Crippen MR) is 87.6 cm³/mol. The van der Waals surface area contributed by atoms with Crippen LogP contribution in [0.5, 0.6) is 0 Å². The Morgan fingerprint density at radius 1 is 1.26 bits per heavy atom. The van der Waals surface area contributed by atoms with E-state index in [4.69, 9.17) is 0 Å². The first-order valence-corrected chi connectivity index (χ1v) is 9.37. The molecule has 0 aliphatic carbocycles.